The van der Waals surface area contributed by atoms with E-state index in [0.717, 1.165) is 6.20 Å². The van der Waals surface area contributed by atoms with Crippen LogP contribution < -0.4 is 0 Å². The van der Waals surface area contributed by atoms with E-state index in [0.29, 0.717) is 0 Å². The Labute approximate surface area is 83.0 Å². The molecule has 2 rings (SSSR count). The Morgan fingerprint density at radius 3 is 2.53 bits per heavy atom. The van der Waals surface area contributed by atoms with Gasteiger partial charge in [-0.05, 0) is 23.6 Å². The number of pyridine rings is 1. The molecule has 0 atom stereocenters. The van der Waals surface area contributed by atoms with Crippen LogP contribution in [0, 0.1) is 0 Å². The molecular formula is C10H6F3NO. The highest BCUT2D eigenvalue weighted by molar-refractivity contribution is 5.86. The third kappa shape index (κ3) is 1.72. The van der Waals surface area contributed by atoms with Gasteiger partial charge in [0.15, 0.2) is 0 Å². The number of aromatic hydroxyl groups is 1. The van der Waals surface area contributed by atoms with Crippen molar-refractivity contribution < 1.29 is 18.3 Å². The second-order valence-corrected chi connectivity index (χ2v) is 3.09. The first-order valence-electron chi connectivity index (χ1n) is 4.12. The van der Waals surface area contributed by atoms with E-state index in [1.807, 2.05) is 0 Å². The summed E-state index contributed by atoms with van der Waals surface area (Å²) in [5.41, 5.74) is -0.792. The van der Waals surface area contributed by atoms with Gasteiger partial charge in [0.1, 0.15) is 5.75 Å². The van der Waals surface area contributed by atoms with Gasteiger partial charge in [0.25, 0.3) is 0 Å². The SMILES string of the molecule is Oc1ccc2c(C(F)(F)F)cncc2c1. The van der Waals surface area contributed by atoms with Gasteiger partial charge in [-0.25, -0.2) is 0 Å². The van der Waals surface area contributed by atoms with Gasteiger partial charge in [0.2, 0.25) is 0 Å². The number of hydrogen-bond donors (Lipinski definition) is 1. The Balaban J connectivity index is 2.77. The fraction of sp³-hybridized carbons (Fsp3) is 0.100. The largest absolute Gasteiger partial charge is 0.508 e. The third-order valence-electron chi connectivity index (χ3n) is 2.05. The molecule has 0 fully saturated rings. The highest BCUT2D eigenvalue weighted by atomic mass is 19.4. The van der Waals surface area contributed by atoms with Crippen molar-refractivity contribution in [1.82, 2.24) is 4.98 Å². The van der Waals surface area contributed by atoms with Gasteiger partial charge in [-0.1, -0.05) is 0 Å². The van der Waals surface area contributed by atoms with E-state index >= 15 is 0 Å². The minimum atomic E-state index is -4.43. The minimum absolute atomic E-state index is 0.0373. The average Bonchev–Trinajstić information content (AvgIpc) is 2.15. The first-order chi connectivity index (χ1) is 6.98. The number of benzene rings is 1. The van der Waals surface area contributed by atoms with E-state index in [1.54, 1.807) is 0 Å². The summed E-state index contributed by atoms with van der Waals surface area (Å²) in [5, 5.41) is 9.42. The Morgan fingerprint density at radius 1 is 1.13 bits per heavy atom. The van der Waals surface area contributed by atoms with Gasteiger partial charge in [-0.2, -0.15) is 13.2 Å². The van der Waals surface area contributed by atoms with Crippen LogP contribution in [0.15, 0.2) is 30.6 Å². The first kappa shape index (κ1) is 9.76. The lowest BCUT2D eigenvalue weighted by Crippen LogP contribution is -2.06. The van der Waals surface area contributed by atoms with Crippen molar-refractivity contribution in [1.29, 1.82) is 0 Å². The van der Waals surface area contributed by atoms with Crippen molar-refractivity contribution in [2.75, 3.05) is 0 Å². The fourth-order valence-electron chi connectivity index (χ4n) is 1.39. The molecule has 0 saturated carbocycles. The number of aromatic nitrogens is 1. The number of fused-ring (bicyclic) bond motifs is 1. The van der Waals surface area contributed by atoms with Gasteiger partial charge >= 0.3 is 6.18 Å². The third-order valence-corrected chi connectivity index (χ3v) is 2.05. The van der Waals surface area contributed by atoms with E-state index in [-0.39, 0.29) is 16.5 Å². The zero-order valence-electron chi connectivity index (χ0n) is 7.42. The van der Waals surface area contributed by atoms with Crippen molar-refractivity contribution in [3.8, 4) is 5.75 Å². The first-order valence-corrected chi connectivity index (χ1v) is 4.12. The number of halogens is 3. The van der Waals surface area contributed by atoms with Crippen LogP contribution in [0.2, 0.25) is 0 Å². The van der Waals surface area contributed by atoms with Crippen LogP contribution in [0.5, 0.6) is 5.75 Å². The summed E-state index contributed by atoms with van der Waals surface area (Å²) in [4.78, 5) is 3.49. The van der Waals surface area contributed by atoms with Crippen LogP contribution in [0.25, 0.3) is 10.8 Å². The molecule has 1 aromatic heterocycles. The van der Waals surface area contributed by atoms with Gasteiger partial charge in [0.05, 0.1) is 5.56 Å². The molecule has 0 spiro atoms. The van der Waals surface area contributed by atoms with Gasteiger partial charge in [0, 0.05) is 17.8 Å². The molecule has 0 aliphatic heterocycles. The lowest BCUT2D eigenvalue weighted by molar-refractivity contribution is -0.136. The minimum Gasteiger partial charge on any atom is -0.508 e. The molecule has 5 heteroatoms. The summed E-state index contributed by atoms with van der Waals surface area (Å²) in [6, 6.07) is 3.70. The summed E-state index contributed by atoms with van der Waals surface area (Å²) < 4.78 is 37.5. The van der Waals surface area contributed by atoms with Gasteiger partial charge in [-0.3, -0.25) is 4.98 Å². The number of phenolic OH excluding ortho intramolecular Hbond substituents is 1. The van der Waals surface area contributed by atoms with Crippen LogP contribution in [0.1, 0.15) is 5.56 Å². The molecule has 0 radical (unpaired) electrons. The maximum absolute atomic E-state index is 12.5. The Hall–Kier alpha value is -1.78. The van der Waals surface area contributed by atoms with Crippen molar-refractivity contribution in [2.45, 2.75) is 6.18 Å². The van der Waals surface area contributed by atoms with E-state index in [2.05, 4.69) is 4.98 Å². The van der Waals surface area contributed by atoms with Crippen molar-refractivity contribution in [3.63, 3.8) is 0 Å². The number of rotatable bonds is 0. The van der Waals surface area contributed by atoms with Gasteiger partial charge < -0.3 is 5.11 Å². The molecule has 0 unspecified atom stereocenters. The van der Waals surface area contributed by atoms with Gasteiger partial charge in [-0.15, -0.1) is 0 Å². The van der Waals surface area contributed by atoms with E-state index in [4.69, 9.17) is 5.11 Å². The molecule has 0 bridgehead atoms. The summed E-state index contributed by atoms with van der Waals surface area (Å²) in [7, 11) is 0. The Kier molecular flexibility index (Phi) is 2.03. The van der Waals surface area contributed by atoms with Crippen molar-refractivity contribution in [3.05, 3.63) is 36.2 Å². The molecule has 2 nitrogen and oxygen atoms in total. The van der Waals surface area contributed by atoms with Crippen LogP contribution in [-0.2, 0) is 6.18 Å². The lowest BCUT2D eigenvalue weighted by Gasteiger charge is -2.09. The maximum Gasteiger partial charge on any atom is 0.418 e. The van der Waals surface area contributed by atoms with E-state index in [1.165, 1.54) is 24.4 Å². The molecular weight excluding hydrogens is 207 g/mol. The predicted molar refractivity (Wildman–Crippen MR) is 48.4 cm³/mol. The molecule has 0 aliphatic carbocycles. The topological polar surface area (TPSA) is 33.1 Å². The number of nitrogens with zero attached hydrogens (tertiary/aromatic N) is 1. The Bertz CT molecular complexity index is 507. The van der Waals surface area contributed by atoms with Crippen LogP contribution in [0.4, 0.5) is 13.2 Å². The van der Waals surface area contributed by atoms with Crippen LogP contribution in [0.3, 0.4) is 0 Å². The molecule has 2 aromatic rings. The summed E-state index contributed by atoms with van der Waals surface area (Å²) in [5.74, 6) is -0.0800. The standard InChI is InChI=1S/C10H6F3NO/c11-10(12,13)9-5-14-4-6-3-7(15)1-2-8(6)9/h1-5,15H. The second-order valence-electron chi connectivity index (χ2n) is 3.09. The average molecular weight is 213 g/mol. The zero-order chi connectivity index (χ0) is 11.1. The quantitative estimate of drug-likeness (QED) is 0.729. The highest BCUT2D eigenvalue weighted by Gasteiger charge is 2.32. The smallest absolute Gasteiger partial charge is 0.418 e. The molecule has 15 heavy (non-hydrogen) atoms. The second kappa shape index (κ2) is 3.12. The monoisotopic (exact) mass is 213 g/mol. The van der Waals surface area contributed by atoms with E-state index in [9.17, 15) is 13.2 Å². The number of phenols is 1. The molecule has 1 heterocycles. The molecule has 0 saturated heterocycles. The summed E-state index contributed by atoms with van der Waals surface area (Å²) >= 11 is 0. The van der Waals surface area contributed by atoms with Crippen LogP contribution in [-0.4, -0.2) is 10.1 Å². The normalized spacial score (nSPS) is 11.9. The van der Waals surface area contributed by atoms with Crippen molar-refractivity contribution in [2.24, 2.45) is 0 Å². The van der Waals surface area contributed by atoms with Crippen molar-refractivity contribution >= 4 is 10.8 Å². The number of hydrogen-bond acceptors (Lipinski definition) is 2. The molecule has 0 amide bonds. The van der Waals surface area contributed by atoms with Crippen LogP contribution >= 0.6 is 0 Å². The summed E-state index contributed by atoms with van der Waals surface area (Å²) in [6.07, 6.45) is -2.37. The molecule has 0 aliphatic rings. The number of alkyl halides is 3. The molecule has 78 valence electrons. The fourth-order valence-corrected chi connectivity index (χ4v) is 1.39. The lowest BCUT2D eigenvalue weighted by atomic mass is 10.1. The molecule has 1 aromatic carbocycles. The predicted octanol–water partition coefficient (Wildman–Crippen LogP) is 2.96. The van der Waals surface area contributed by atoms with E-state index < -0.39 is 11.7 Å². The zero-order valence-corrected chi connectivity index (χ0v) is 7.42. The molecule has 1 N–H and O–H groups in total. The maximum atomic E-state index is 12.5. The highest BCUT2D eigenvalue weighted by Crippen LogP contribution is 2.34. The Morgan fingerprint density at radius 2 is 1.87 bits per heavy atom. The summed E-state index contributed by atoms with van der Waals surface area (Å²) in [6.45, 7) is 0.